The molecule has 0 saturated carbocycles. The minimum absolute atomic E-state index is 0.0405. The average Bonchev–Trinajstić information content (AvgIpc) is 2.48. The van der Waals surface area contributed by atoms with Crippen LogP contribution in [-0.2, 0) is 4.79 Å². The third-order valence-electron chi connectivity index (χ3n) is 2.53. The number of carbonyl (C=O) groups excluding carboxylic acids is 1. The second-order valence-corrected chi connectivity index (χ2v) is 3.60. The van der Waals surface area contributed by atoms with Crippen molar-refractivity contribution < 1.29 is 4.79 Å². The van der Waals surface area contributed by atoms with Crippen LogP contribution in [0.5, 0.6) is 0 Å². The van der Waals surface area contributed by atoms with E-state index in [1.54, 1.807) is 10.9 Å². The monoisotopic (exact) mass is 194 g/mol. The van der Waals surface area contributed by atoms with Crippen LogP contribution in [0.25, 0.3) is 0 Å². The Morgan fingerprint density at radius 3 is 3.07 bits per heavy atom. The first kappa shape index (κ1) is 9.05. The molecular weight excluding hydrogens is 180 g/mol. The summed E-state index contributed by atoms with van der Waals surface area (Å²) in [5, 5.41) is 7.03. The maximum Gasteiger partial charge on any atom is 0.244 e. The number of hydrogen-bond acceptors (Lipinski definition) is 3. The van der Waals surface area contributed by atoms with E-state index in [4.69, 9.17) is 5.73 Å². The second-order valence-electron chi connectivity index (χ2n) is 3.60. The van der Waals surface area contributed by atoms with Gasteiger partial charge in [-0.1, -0.05) is 0 Å². The van der Waals surface area contributed by atoms with Crippen molar-refractivity contribution in [3.8, 4) is 0 Å². The van der Waals surface area contributed by atoms with Crippen LogP contribution in [0.2, 0.25) is 0 Å². The zero-order valence-electron chi connectivity index (χ0n) is 8.16. The van der Waals surface area contributed by atoms with Crippen LogP contribution >= 0.6 is 0 Å². The van der Waals surface area contributed by atoms with E-state index in [0.717, 1.165) is 25.1 Å². The number of nitrogens with two attached hydrogens (primary N) is 1. The van der Waals surface area contributed by atoms with Gasteiger partial charge >= 0.3 is 0 Å². The molecule has 0 aliphatic carbocycles. The average molecular weight is 194 g/mol. The normalized spacial score (nSPS) is 22.1. The molecule has 0 spiro atoms. The molecule has 0 bridgehead atoms. The van der Waals surface area contributed by atoms with Gasteiger partial charge in [0.2, 0.25) is 5.91 Å². The number of anilines is 1. The quantitative estimate of drug-likeness (QED) is 0.672. The van der Waals surface area contributed by atoms with Gasteiger partial charge in [-0.3, -0.25) is 9.48 Å². The SMILES string of the molecule is Cc1nn(C2CCCNC2=O)cc1N. The van der Waals surface area contributed by atoms with Crippen LogP contribution in [0.4, 0.5) is 5.69 Å². The number of nitrogen functional groups attached to an aromatic ring is 1. The number of aromatic nitrogens is 2. The lowest BCUT2D eigenvalue weighted by Crippen LogP contribution is -2.38. The smallest absolute Gasteiger partial charge is 0.244 e. The minimum Gasteiger partial charge on any atom is -0.396 e. The van der Waals surface area contributed by atoms with Crippen LogP contribution in [0.3, 0.4) is 0 Å². The Morgan fingerprint density at radius 1 is 1.71 bits per heavy atom. The van der Waals surface area contributed by atoms with E-state index < -0.39 is 0 Å². The van der Waals surface area contributed by atoms with Crippen molar-refractivity contribution in [2.24, 2.45) is 0 Å². The predicted octanol–water partition coefficient (Wildman–Crippen LogP) is 0.225. The number of piperidine rings is 1. The zero-order valence-corrected chi connectivity index (χ0v) is 8.16. The molecule has 0 radical (unpaired) electrons. The summed E-state index contributed by atoms with van der Waals surface area (Å²) in [5.41, 5.74) is 7.10. The highest BCUT2D eigenvalue weighted by atomic mass is 16.2. The molecule has 3 N–H and O–H groups in total. The molecule has 1 aliphatic heterocycles. The largest absolute Gasteiger partial charge is 0.396 e. The Kier molecular flexibility index (Phi) is 2.15. The highest BCUT2D eigenvalue weighted by Gasteiger charge is 2.24. The van der Waals surface area contributed by atoms with Gasteiger partial charge < -0.3 is 11.1 Å². The topological polar surface area (TPSA) is 72.9 Å². The Balaban J connectivity index is 2.24. The Morgan fingerprint density at radius 2 is 2.50 bits per heavy atom. The molecule has 1 saturated heterocycles. The predicted molar refractivity (Wildman–Crippen MR) is 52.7 cm³/mol. The molecule has 1 aromatic rings. The van der Waals surface area contributed by atoms with Gasteiger partial charge in [-0.15, -0.1) is 0 Å². The fraction of sp³-hybridized carbons (Fsp3) is 0.556. The molecule has 2 rings (SSSR count). The summed E-state index contributed by atoms with van der Waals surface area (Å²) in [7, 11) is 0. The van der Waals surface area contributed by atoms with E-state index in [1.165, 1.54) is 0 Å². The van der Waals surface area contributed by atoms with Crippen molar-refractivity contribution in [3.63, 3.8) is 0 Å². The first-order valence-electron chi connectivity index (χ1n) is 4.77. The van der Waals surface area contributed by atoms with Crippen molar-refractivity contribution in [2.45, 2.75) is 25.8 Å². The Hall–Kier alpha value is -1.52. The van der Waals surface area contributed by atoms with Crippen molar-refractivity contribution >= 4 is 11.6 Å². The number of carbonyl (C=O) groups is 1. The van der Waals surface area contributed by atoms with Crippen LogP contribution in [0.15, 0.2) is 6.20 Å². The number of amides is 1. The summed E-state index contributed by atoms with van der Waals surface area (Å²) in [4.78, 5) is 11.5. The lowest BCUT2D eigenvalue weighted by atomic mass is 10.1. The zero-order chi connectivity index (χ0) is 10.1. The molecule has 1 aliphatic rings. The lowest BCUT2D eigenvalue weighted by Gasteiger charge is -2.21. The number of aryl methyl sites for hydroxylation is 1. The van der Waals surface area contributed by atoms with Crippen molar-refractivity contribution in [1.82, 2.24) is 15.1 Å². The standard InChI is InChI=1S/C9H14N4O/c1-6-7(10)5-13(12-6)8-3-2-4-11-9(8)14/h5,8H,2-4,10H2,1H3,(H,11,14). The van der Waals surface area contributed by atoms with Crippen molar-refractivity contribution in [1.29, 1.82) is 0 Å². The Labute approximate surface area is 82.3 Å². The van der Waals surface area contributed by atoms with Gasteiger partial charge in [0.15, 0.2) is 0 Å². The summed E-state index contributed by atoms with van der Waals surface area (Å²) in [6.45, 7) is 2.61. The number of hydrogen-bond donors (Lipinski definition) is 2. The summed E-state index contributed by atoms with van der Waals surface area (Å²) < 4.78 is 1.67. The molecule has 1 unspecified atom stereocenters. The first-order valence-corrected chi connectivity index (χ1v) is 4.77. The Bertz CT molecular complexity index is 338. The molecule has 1 fully saturated rings. The lowest BCUT2D eigenvalue weighted by molar-refractivity contribution is -0.126. The van der Waals surface area contributed by atoms with Gasteiger partial charge in [0.05, 0.1) is 11.4 Å². The highest BCUT2D eigenvalue weighted by molar-refractivity contribution is 5.80. The summed E-state index contributed by atoms with van der Waals surface area (Å²) in [5.74, 6) is 0.0405. The number of nitrogens with zero attached hydrogens (tertiary/aromatic N) is 2. The molecule has 1 amide bonds. The van der Waals surface area contributed by atoms with Crippen LogP contribution < -0.4 is 11.1 Å². The van der Waals surface area contributed by atoms with Crippen LogP contribution in [0, 0.1) is 6.92 Å². The van der Waals surface area contributed by atoms with E-state index in [0.29, 0.717) is 5.69 Å². The maximum absolute atomic E-state index is 11.5. The fourth-order valence-electron chi connectivity index (χ4n) is 1.66. The molecule has 0 aromatic carbocycles. The van der Waals surface area contributed by atoms with E-state index in [-0.39, 0.29) is 11.9 Å². The van der Waals surface area contributed by atoms with Gasteiger partial charge in [-0.25, -0.2) is 0 Å². The summed E-state index contributed by atoms with van der Waals surface area (Å²) in [6, 6.07) is -0.181. The molecule has 1 atom stereocenters. The van der Waals surface area contributed by atoms with E-state index in [1.807, 2.05) is 6.92 Å². The van der Waals surface area contributed by atoms with E-state index in [9.17, 15) is 4.79 Å². The van der Waals surface area contributed by atoms with Gasteiger partial charge in [0, 0.05) is 12.7 Å². The molecular formula is C9H14N4O. The third-order valence-corrected chi connectivity index (χ3v) is 2.53. The van der Waals surface area contributed by atoms with Crippen LogP contribution in [0.1, 0.15) is 24.6 Å². The van der Waals surface area contributed by atoms with Gasteiger partial charge in [-0.05, 0) is 19.8 Å². The molecule has 1 aromatic heterocycles. The summed E-state index contributed by atoms with van der Waals surface area (Å²) in [6.07, 6.45) is 3.56. The maximum atomic E-state index is 11.5. The van der Waals surface area contributed by atoms with Gasteiger partial charge in [0.25, 0.3) is 0 Å². The number of rotatable bonds is 1. The van der Waals surface area contributed by atoms with Crippen molar-refractivity contribution in [3.05, 3.63) is 11.9 Å². The summed E-state index contributed by atoms with van der Waals surface area (Å²) >= 11 is 0. The first-order chi connectivity index (χ1) is 6.68. The number of nitrogens with one attached hydrogen (secondary N) is 1. The molecule has 5 heteroatoms. The second kappa shape index (κ2) is 3.32. The molecule has 14 heavy (non-hydrogen) atoms. The van der Waals surface area contributed by atoms with E-state index >= 15 is 0 Å². The van der Waals surface area contributed by atoms with E-state index in [2.05, 4.69) is 10.4 Å². The van der Waals surface area contributed by atoms with Gasteiger partial charge in [0.1, 0.15) is 6.04 Å². The molecule has 5 nitrogen and oxygen atoms in total. The molecule has 76 valence electrons. The minimum atomic E-state index is -0.181. The highest BCUT2D eigenvalue weighted by Crippen LogP contribution is 2.19. The third kappa shape index (κ3) is 1.45. The molecule has 2 heterocycles. The van der Waals surface area contributed by atoms with Gasteiger partial charge in [-0.2, -0.15) is 5.10 Å². The van der Waals surface area contributed by atoms with Crippen molar-refractivity contribution in [2.75, 3.05) is 12.3 Å². The fourth-order valence-corrected chi connectivity index (χ4v) is 1.66. The van der Waals surface area contributed by atoms with Crippen LogP contribution in [-0.4, -0.2) is 22.2 Å².